The molecule has 0 aliphatic rings. The minimum absolute atomic E-state index is 0.0281. The van der Waals surface area contributed by atoms with Gasteiger partial charge in [0, 0.05) is 44.2 Å². The van der Waals surface area contributed by atoms with Crippen molar-refractivity contribution in [1.82, 2.24) is 29.5 Å². The number of nitrogens with zero attached hydrogens (tertiary/aromatic N) is 6. The highest BCUT2D eigenvalue weighted by atomic mass is 16.3. The molecule has 0 atom stereocenters. The number of nitrogens with one attached hydrogen (secondary N) is 1. The number of Topliss-reactive ketones (excluding diaryl/α,β-unsaturated/α-hetero) is 1. The molecular weight excluding hydrogens is 442 g/mol. The Hall–Kier alpha value is -3.85. The zero-order valence-corrected chi connectivity index (χ0v) is 20.6. The fourth-order valence-electron chi connectivity index (χ4n) is 3.80. The van der Waals surface area contributed by atoms with Crippen molar-refractivity contribution in [3.63, 3.8) is 0 Å². The minimum Gasteiger partial charge on any atom is -0.396 e. The first-order chi connectivity index (χ1) is 16.7. The maximum absolute atomic E-state index is 12.8. The van der Waals surface area contributed by atoms with Gasteiger partial charge >= 0.3 is 0 Å². The van der Waals surface area contributed by atoms with E-state index in [2.05, 4.69) is 25.5 Å². The standard InChI is InChI=1S/C26H31N7O2/c1-26(2,3)33-16-21(14-29-33)24(35)8-7-18-5-6-20(13-19(18)10-12-34)23-9-11-27-25(31-23)30-22-15-28-32(4)17-22/h5-6,9,11,13-17,34H,7-8,10,12H2,1-4H3,(H,27,30,31). The Balaban J connectivity index is 1.49. The van der Waals surface area contributed by atoms with Gasteiger partial charge in [0.05, 0.1) is 34.9 Å². The molecule has 0 bridgehead atoms. The molecule has 3 aromatic heterocycles. The Morgan fingerprint density at radius 2 is 1.89 bits per heavy atom. The number of hydrogen-bond donors (Lipinski definition) is 2. The molecule has 9 nitrogen and oxygen atoms in total. The number of ketones is 1. The number of carbonyl (C=O) groups is 1. The second-order valence-electron chi connectivity index (χ2n) is 9.52. The molecule has 0 unspecified atom stereocenters. The quantitative estimate of drug-likeness (QED) is 0.354. The van der Waals surface area contributed by atoms with E-state index >= 15 is 0 Å². The summed E-state index contributed by atoms with van der Waals surface area (Å²) in [6.45, 7) is 6.17. The zero-order chi connectivity index (χ0) is 25.0. The molecule has 3 heterocycles. The van der Waals surface area contributed by atoms with Crippen LogP contribution in [0.5, 0.6) is 0 Å². The van der Waals surface area contributed by atoms with Crippen LogP contribution >= 0.6 is 0 Å². The summed E-state index contributed by atoms with van der Waals surface area (Å²) in [6, 6.07) is 7.89. The van der Waals surface area contributed by atoms with Crippen molar-refractivity contribution in [2.75, 3.05) is 11.9 Å². The monoisotopic (exact) mass is 473 g/mol. The SMILES string of the molecule is Cn1cc(Nc2nccc(-c3ccc(CCC(=O)c4cnn(C(C)(C)C)c4)c(CCO)c3)n2)cn1. The van der Waals surface area contributed by atoms with Crippen LogP contribution in [-0.4, -0.2) is 47.0 Å². The molecule has 2 N–H and O–H groups in total. The molecule has 9 heteroatoms. The number of hydrogen-bond acceptors (Lipinski definition) is 7. The summed E-state index contributed by atoms with van der Waals surface area (Å²) in [4.78, 5) is 21.7. The Labute approximate surface area is 204 Å². The normalized spacial score (nSPS) is 11.6. The summed E-state index contributed by atoms with van der Waals surface area (Å²) >= 11 is 0. The molecule has 0 aliphatic heterocycles. The van der Waals surface area contributed by atoms with E-state index in [0.717, 1.165) is 28.1 Å². The van der Waals surface area contributed by atoms with E-state index in [4.69, 9.17) is 0 Å². The second-order valence-corrected chi connectivity index (χ2v) is 9.52. The van der Waals surface area contributed by atoms with E-state index < -0.39 is 0 Å². The first-order valence-electron chi connectivity index (χ1n) is 11.6. The van der Waals surface area contributed by atoms with Gasteiger partial charge in [-0.15, -0.1) is 0 Å². The average Bonchev–Trinajstić information content (AvgIpc) is 3.48. The molecule has 182 valence electrons. The Morgan fingerprint density at radius 1 is 1.06 bits per heavy atom. The lowest BCUT2D eigenvalue weighted by Gasteiger charge is -2.18. The molecule has 0 fully saturated rings. The molecule has 35 heavy (non-hydrogen) atoms. The summed E-state index contributed by atoms with van der Waals surface area (Å²) in [5, 5.41) is 21.3. The predicted molar refractivity (Wildman–Crippen MR) is 135 cm³/mol. The van der Waals surface area contributed by atoms with Gasteiger partial charge in [0.25, 0.3) is 0 Å². The number of anilines is 2. The topological polar surface area (TPSA) is 111 Å². The number of aliphatic hydroxyl groups excluding tert-OH is 1. The van der Waals surface area contributed by atoms with Crippen molar-refractivity contribution in [3.8, 4) is 11.3 Å². The number of aliphatic hydroxyl groups is 1. The third-order valence-electron chi connectivity index (χ3n) is 5.71. The van der Waals surface area contributed by atoms with Crippen molar-refractivity contribution >= 4 is 17.4 Å². The van der Waals surface area contributed by atoms with Crippen molar-refractivity contribution in [2.45, 2.75) is 45.6 Å². The first-order valence-corrected chi connectivity index (χ1v) is 11.6. The zero-order valence-electron chi connectivity index (χ0n) is 20.6. The Morgan fingerprint density at radius 3 is 2.57 bits per heavy atom. The van der Waals surface area contributed by atoms with E-state index in [0.29, 0.717) is 30.8 Å². The molecule has 4 rings (SSSR count). The lowest BCUT2D eigenvalue weighted by Crippen LogP contribution is -2.22. The van der Waals surface area contributed by atoms with Crippen molar-refractivity contribution in [3.05, 3.63) is 71.9 Å². The Kier molecular flexibility index (Phi) is 7.07. The van der Waals surface area contributed by atoms with Crippen LogP contribution in [0.15, 0.2) is 55.2 Å². The summed E-state index contributed by atoms with van der Waals surface area (Å²) in [6.07, 6.45) is 10.2. The van der Waals surface area contributed by atoms with Gasteiger partial charge in [-0.25, -0.2) is 9.97 Å². The van der Waals surface area contributed by atoms with Crippen LogP contribution in [0.3, 0.4) is 0 Å². The lowest BCUT2D eigenvalue weighted by atomic mass is 9.95. The van der Waals surface area contributed by atoms with Gasteiger partial charge < -0.3 is 10.4 Å². The highest BCUT2D eigenvalue weighted by molar-refractivity contribution is 5.95. The van der Waals surface area contributed by atoms with E-state index in [1.807, 2.05) is 69.2 Å². The molecule has 0 saturated carbocycles. The summed E-state index contributed by atoms with van der Waals surface area (Å²) < 4.78 is 3.51. The van der Waals surface area contributed by atoms with Crippen LogP contribution in [0.1, 0.15) is 48.7 Å². The molecule has 4 aromatic rings. The third-order valence-corrected chi connectivity index (χ3v) is 5.71. The maximum atomic E-state index is 12.8. The fraction of sp³-hybridized carbons (Fsp3) is 0.346. The number of aryl methyl sites for hydroxylation is 2. The van der Waals surface area contributed by atoms with Crippen LogP contribution in [-0.2, 0) is 25.4 Å². The molecular formula is C26H31N7O2. The van der Waals surface area contributed by atoms with Gasteiger partial charge in [-0.05, 0) is 56.9 Å². The van der Waals surface area contributed by atoms with Crippen molar-refractivity contribution < 1.29 is 9.90 Å². The molecule has 1 aromatic carbocycles. The largest absolute Gasteiger partial charge is 0.396 e. The van der Waals surface area contributed by atoms with Crippen LogP contribution in [0.25, 0.3) is 11.3 Å². The van der Waals surface area contributed by atoms with E-state index in [1.54, 1.807) is 23.3 Å². The van der Waals surface area contributed by atoms with Gasteiger partial charge in [-0.3, -0.25) is 14.2 Å². The lowest BCUT2D eigenvalue weighted by molar-refractivity contribution is 0.0982. The maximum Gasteiger partial charge on any atom is 0.227 e. The highest BCUT2D eigenvalue weighted by Crippen LogP contribution is 2.24. The van der Waals surface area contributed by atoms with Crippen LogP contribution in [0, 0.1) is 0 Å². The number of benzene rings is 1. The molecule has 0 aliphatic carbocycles. The van der Waals surface area contributed by atoms with Crippen LogP contribution in [0.2, 0.25) is 0 Å². The number of rotatable bonds is 9. The molecule has 0 spiro atoms. The van der Waals surface area contributed by atoms with Gasteiger partial charge in [0.1, 0.15) is 0 Å². The summed E-state index contributed by atoms with van der Waals surface area (Å²) in [5.74, 6) is 0.533. The number of aromatic nitrogens is 6. The van der Waals surface area contributed by atoms with Gasteiger partial charge in [0.2, 0.25) is 5.95 Å². The number of carbonyl (C=O) groups excluding carboxylic acids is 1. The van der Waals surface area contributed by atoms with Crippen LogP contribution in [0.4, 0.5) is 11.6 Å². The van der Waals surface area contributed by atoms with E-state index in [1.165, 1.54) is 0 Å². The van der Waals surface area contributed by atoms with E-state index in [9.17, 15) is 9.90 Å². The molecule has 0 amide bonds. The highest BCUT2D eigenvalue weighted by Gasteiger charge is 2.17. The summed E-state index contributed by atoms with van der Waals surface area (Å²) in [5.41, 5.74) is 4.99. The summed E-state index contributed by atoms with van der Waals surface area (Å²) in [7, 11) is 1.85. The second kappa shape index (κ2) is 10.2. The Bertz CT molecular complexity index is 1320. The smallest absolute Gasteiger partial charge is 0.227 e. The van der Waals surface area contributed by atoms with E-state index in [-0.39, 0.29) is 17.9 Å². The third kappa shape index (κ3) is 5.99. The van der Waals surface area contributed by atoms with Gasteiger partial charge in [0.15, 0.2) is 5.78 Å². The van der Waals surface area contributed by atoms with Crippen LogP contribution < -0.4 is 5.32 Å². The predicted octanol–water partition coefficient (Wildman–Crippen LogP) is 3.92. The van der Waals surface area contributed by atoms with Crippen molar-refractivity contribution in [1.29, 1.82) is 0 Å². The molecule has 0 saturated heterocycles. The first kappa shape index (κ1) is 24.3. The van der Waals surface area contributed by atoms with Gasteiger partial charge in [-0.1, -0.05) is 12.1 Å². The average molecular weight is 474 g/mol. The minimum atomic E-state index is -0.170. The van der Waals surface area contributed by atoms with Crippen molar-refractivity contribution in [2.24, 2.45) is 7.05 Å². The van der Waals surface area contributed by atoms with Gasteiger partial charge in [-0.2, -0.15) is 10.2 Å². The molecule has 0 radical (unpaired) electrons. The fourth-order valence-corrected chi connectivity index (χ4v) is 3.80.